The minimum atomic E-state index is -0.965. The van der Waals surface area contributed by atoms with Crippen LogP contribution >= 0.6 is 11.8 Å². The minimum absolute atomic E-state index is 0.0704. The summed E-state index contributed by atoms with van der Waals surface area (Å²) in [4.78, 5) is 22.6. The number of hydrogen-bond acceptors (Lipinski definition) is 6. The number of nitrogens with zero attached hydrogens (tertiary/aromatic N) is 1. The van der Waals surface area contributed by atoms with Crippen LogP contribution in [0.2, 0.25) is 0 Å². The molecule has 0 aromatic heterocycles. The van der Waals surface area contributed by atoms with Gasteiger partial charge < -0.3 is 9.84 Å². The predicted octanol–water partition coefficient (Wildman–Crippen LogP) is 3.96. The van der Waals surface area contributed by atoms with Gasteiger partial charge in [-0.15, -0.1) is 0 Å². The molecule has 0 saturated heterocycles. The van der Waals surface area contributed by atoms with E-state index in [1.165, 1.54) is 24.3 Å². The summed E-state index contributed by atoms with van der Waals surface area (Å²) < 4.78 is 5.66. The summed E-state index contributed by atoms with van der Waals surface area (Å²) in [6, 6.07) is 5.36. The lowest BCUT2D eigenvalue weighted by Gasteiger charge is -2.38. The third-order valence-corrected chi connectivity index (χ3v) is 5.39. The van der Waals surface area contributed by atoms with Crippen LogP contribution in [0.1, 0.15) is 55.3 Å². The molecule has 1 saturated carbocycles. The first-order chi connectivity index (χ1) is 12.0. The van der Waals surface area contributed by atoms with Gasteiger partial charge in [-0.05, 0) is 49.8 Å². The largest absolute Gasteiger partial charge is 0.456 e. The van der Waals surface area contributed by atoms with Crippen molar-refractivity contribution < 1.29 is 19.6 Å². The zero-order valence-electron chi connectivity index (χ0n) is 14.5. The first-order valence-corrected chi connectivity index (χ1v) is 10.0. The molecule has 1 N–H and O–H groups in total. The fourth-order valence-corrected chi connectivity index (χ4v) is 3.71. The summed E-state index contributed by atoms with van der Waals surface area (Å²) in [6.07, 6.45) is 7.22. The van der Waals surface area contributed by atoms with Gasteiger partial charge in [0.15, 0.2) is 0 Å². The standard InChI is InChI=1S/C18H25NO5S/c1-25-13-5-6-16(18(21)11-3-2-4-12-18)24-17(20)14-7-9-15(10-8-14)19(22)23/h7-10,16,21H,2-6,11-13H2,1H3. The molecular weight excluding hydrogens is 342 g/mol. The Bertz CT molecular complexity index is 584. The molecule has 1 aromatic rings. The first kappa shape index (κ1) is 19.7. The van der Waals surface area contributed by atoms with Crippen molar-refractivity contribution in [1.29, 1.82) is 0 Å². The molecule has 1 atom stereocenters. The number of carbonyl (C=O) groups is 1. The van der Waals surface area contributed by atoms with Crippen molar-refractivity contribution in [1.82, 2.24) is 0 Å². The minimum Gasteiger partial charge on any atom is -0.456 e. The van der Waals surface area contributed by atoms with E-state index in [-0.39, 0.29) is 11.3 Å². The Morgan fingerprint density at radius 1 is 1.32 bits per heavy atom. The number of rotatable bonds is 8. The van der Waals surface area contributed by atoms with Crippen molar-refractivity contribution in [3.05, 3.63) is 39.9 Å². The van der Waals surface area contributed by atoms with E-state index in [0.717, 1.165) is 31.4 Å². The van der Waals surface area contributed by atoms with Crippen molar-refractivity contribution in [2.75, 3.05) is 12.0 Å². The summed E-state index contributed by atoms with van der Waals surface area (Å²) in [5.41, 5.74) is -0.772. The van der Waals surface area contributed by atoms with E-state index in [0.29, 0.717) is 19.3 Å². The van der Waals surface area contributed by atoms with Gasteiger partial charge in [-0.25, -0.2) is 4.79 Å². The lowest BCUT2D eigenvalue weighted by Crippen LogP contribution is -2.46. The van der Waals surface area contributed by atoms with Crippen molar-refractivity contribution in [3.8, 4) is 0 Å². The SMILES string of the molecule is CSCCCC(OC(=O)c1ccc([N+](=O)[O-])cc1)C1(O)CCCCC1. The van der Waals surface area contributed by atoms with Crippen LogP contribution < -0.4 is 0 Å². The summed E-state index contributed by atoms with van der Waals surface area (Å²) in [5, 5.41) is 21.7. The molecule has 25 heavy (non-hydrogen) atoms. The molecule has 7 heteroatoms. The maximum Gasteiger partial charge on any atom is 0.338 e. The van der Waals surface area contributed by atoms with Crippen LogP contribution in [0.5, 0.6) is 0 Å². The third kappa shape index (κ3) is 5.44. The van der Waals surface area contributed by atoms with Gasteiger partial charge in [-0.2, -0.15) is 11.8 Å². The maximum absolute atomic E-state index is 12.4. The second kappa shape index (κ2) is 9.20. The smallest absolute Gasteiger partial charge is 0.338 e. The molecule has 1 aromatic carbocycles. The van der Waals surface area contributed by atoms with Crippen LogP contribution in [0, 0.1) is 10.1 Å². The van der Waals surface area contributed by atoms with E-state index in [9.17, 15) is 20.0 Å². The van der Waals surface area contributed by atoms with E-state index < -0.39 is 22.6 Å². The summed E-state index contributed by atoms with van der Waals surface area (Å²) in [6.45, 7) is 0. The van der Waals surface area contributed by atoms with E-state index in [1.807, 2.05) is 6.26 Å². The number of thioether (sulfide) groups is 1. The number of nitro groups is 1. The highest BCUT2D eigenvalue weighted by Gasteiger charge is 2.40. The van der Waals surface area contributed by atoms with Crippen LogP contribution in [-0.4, -0.2) is 39.7 Å². The highest BCUT2D eigenvalue weighted by Crippen LogP contribution is 2.35. The Morgan fingerprint density at radius 3 is 2.52 bits per heavy atom. The van der Waals surface area contributed by atoms with Gasteiger partial charge >= 0.3 is 5.97 Å². The van der Waals surface area contributed by atoms with Crippen LogP contribution in [0.4, 0.5) is 5.69 Å². The Kier molecular flexibility index (Phi) is 7.25. The molecule has 138 valence electrons. The average Bonchev–Trinajstić information content (AvgIpc) is 2.61. The molecule has 1 fully saturated rings. The van der Waals surface area contributed by atoms with Crippen LogP contribution in [0.25, 0.3) is 0 Å². The zero-order chi connectivity index (χ0) is 18.3. The molecule has 6 nitrogen and oxygen atoms in total. The lowest BCUT2D eigenvalue weighted by atomic mass is 9.79. The van der Waals surface area contributed by atoms with E-state index in [2.05, 4.69) is 0 Å². The number of ether oxygens (including phenoxy) is 1. The van der Waals surface area contributed by atoms with Crippen LogP contribution in [0.15, 0.2) is 24.3 Å². The normalized spacial score (nSPS) is 17.7. The van der Waals surface area contributed by atoms with Gasteiger partial charge in [0.05, 0.1) is 10.5 Å². The number of carbonyl (C=O) groups excluding carboxylic acids is 1. The highest BCUT2D eigenvalue weighted by atomic mass is 32.2. The van der Waals surface area contributed by atoms with Crippen molar-refractivity contribution in [2.24, 2.45) is 0 Å². The third-order valence-electron chi connectivity index (χ3n) is 4.70. The quantitative estimate of drug-likeness (QED) is 0.324. The van der Waals surface area contributed by atoms with Crippen LogP contribution in [0.3, 0.4) is 0 Å². The number of nitro benzene ring substituents is 1. The molecule has 0 heterocycles. The topological polar surface area (TPSA) is 89.7 Å². The van der Waals surface area contributed by atoms with E-state index >= 15 is 0 Å². The van der Waals surface area contributed by atoms with E-state index in [4.69, 9.17) is 4.74 Å². The molecular formula is C18H25NO5S. The van der Waals surface area contributed by atoms with Crippen molar-refractivity contribution in [3.63, 3.8) is 0 Å². The van der Waals surface area contributed by atoms with Crippen molar-refractivity contribution >= 4 is 23.4 Å². The zero-order valence-corrected chi connectivity index (χ0v) is 15.3. The monoisotopic (exact) mass is 367 g/mol. The van der Waals surface area contributed by atoms with Gasteiger partial charge in [0.1, 0.15) is 11.7 Å². The van der Waals surface area contributed by atoms with Gasteiger partial charge in [-0.3, -0.25) is 10.1 Å². The highest BCUT2D eigenvalue weighted by molar-refractivity contribution is 7.98. The fourth-order valence-electron chi connectivity index (χ4n) is 3.25. The molecule has 0 amide bonds. The molecule has 1 aliphatic rings. The Morgan fingerprint density at radius 2 is 1.96 bits per heavy atom. The Balaban J connectivity index is 2.08. The number of non-ortho nitro benzene ring substituents is 1. The van der Waals surface area contributed by atoms with E-state index in [1.54, 1.807) is 11.8 Å². The lowest BCUT2D eigenvalue weighted by molar-refractivity contribution is -0.384. The predicted molar refractivity (Wildman–Crippen MR) is 98.0 cm³/mol. The first-order valence-electron chi connectivity index (χ1n) is 8.63. The number of esters is 1. The second-order valence-corrected chi connectivity index (χ2v) is 7.48. The summed E-state index contributed by atoms with van der Waals surface area (Å²) in [7, 11) is 0. The van der Waals surface area contributed by atoms with Gasteiger partial charge in [0.25, 0.3) is 5.69 Å². The van der Waals surface area contributed by atoms with Gasteiger partial charge in [0.2, 0.25) is 0 Å². The second-order valence-electron chi connectivity index (χ2n) is 6.50. The summed E-state index contributed by atoms with van der Waals surface area (Å²) >= 11 is 1.72. The number of benzene rings is 1. The van der Waals surface area contributed by atoms with Gasteiger partial charge in [-0.1, -0.05) is 19.3 Å². The maximum atomic E-state index is 12.4. The average molecular weight is 367 g/mol. The molecule has 0 bridgehead atoms. The van der Waals surface area contributed by atoms with Crippen LogP contribution in [-0.2, 0) is 4.74 Å². The number of aliphatic hydroxyl groups is 1. The van der Waals surface area contributed by atoms with Gasteiger partial charge in [0, 0.05) is 12.1 Å². The Labute approximate surface area is 152 Å². The molecule has 0 radical (unpaired) electrons. The molecule has 1 aliphatic carbocycles. The molecule has 2 rings (SSSR count). The Hall–Kier alpha value is -1.60. The summed E-state index contributed by atoms with van der Waals surface area (Å²) in [5.74, 6) is 0.407. The molecule has 0 spiro atoms. The van der Waals surface area contributed by atoms with Crippen molar-refractivity contribution in [2.45, 2.75) is 56.7 Å². The number of hydrogen-bond donors (Lipinski definition) is 1. The molecule has 1 unspecified atom stereocenters. The fraction of sp³-hybridized carbons (Fsp3) is 0.611. The molecule has 0 aliphatic heterocycles.